The van der Waals surface area contributed by atoms with Crippen molar-refractivity contribution in [2.45, 2.75) is 45.1 Å². The summed E-state index contributed by atoms with van der Waals surface area (Å²) in [5.74, 6) is 1.14. The molecular weight excluding hydrogens is 250 g/mol. The van der Waals surface area contributed by atoms with Gasteiger partial charge >= 0.3 is 0 Å². The fourth-order valence-corrected chi connectivity index (χ4v) is 3.73. The summed E-state index contributed by atoms with van der Waals surface area (Å²) >= 11 is 0. The molecule has 2 saturated heterocycles. The Kier molecular flexibility index (Phi) is 3.87. The molecule has 2 aliphatic heterocycles. The van der Waals surface area contributed by atoms with Crippen molar-refractivity contribution in [3.8, 4) is 0 Å². The van der Waals surface area contributed by atoms with Crippen LogP contribution in [0.25, 0.3) is 0 Å². The van der Waals surface area contributed by atoms with Gasteiger partial charge in [0.05, 0.1) is 11.4 Å². The molecule has 0 spiro atoms. The highest BCUT2D eigenvalue weighted by Gasteiger charge is 2.31. The van der Waals surface area contributed by atoms with E-state index in [1.54, 1.807) is 0 Å². The van der Waals surface area contributed by atoms with E-state index in [0.29, 0.717) is 6.04 Å². The van der Waals surface area contributed by atoms with Crippen LogP contribution in [0.15, 0.2) is 0 Å². The summed E-state index contributed by atoms with van der Waals surface area (Å²) in [5, 5.41) is 4.62. The molecule has 20 heavy (non-hydrogen) atoms. The summed E-state index contributed by atoms with van der Waals surface area (Å²) in [6, 6.07) is 0.710. The SMILES string of the molecule is CCCc1nn(C)c(N2CCN3CCCCC3C2)c1N. The summed E-state index contributed by atoms with van der Waals surface area (Å²) < 4.78 is 1.98. The maximum Gasteiger partial charge on any atom is 0.150 e. The third-order valence-corrected chi connectivity index (χ3v) is 4.75. The van der Waals surface area contributed by atoms with Crippen LogP contribution in [0, 0.1) is 0 Å². The standard InChI is InChI=1S/C15H27N5/c1-3-6-13-14(16)15(18(2)17-13)20-10-9-19-8-5-4-7-12(19)11-20/h12H,3-11,16H2,1-2H3. The zero-order chi connectivity index (χ0) is 14.1. The summed E-state index contributed by atoms with van der Waals surface area (Å²) in [6.07, 6.45) is 6.14. The maximum atomic E-state index is 6.35. The van der Waals surface area contributed by atoms with Crippen LogP contribution in [-0.4, -0.2) is 46.9 Å². The highest BCUT2D eigenvalue weighted by Crippen LogP contribution is 2.30. The molecule has 0 amide bonds. The number of anilines is 2. The quantitative estimate of drug-likeness (QED) is 0.912. The number of hydrogen-bond donors (Lipinski definition) is 1. The first-order valence-electron chi connectivity index (χ1n) is 8.01. The molecule has 1 unspecified atom stereocenters. The molecule has 1 aromatic rings. The molecule has 2 fully saturated rings. The smallest absolute Gasteiger partial charge is 0.150 e. The topological polar surface area (TPSA) is 50.3 Å². The van der Waals surface area contributed by atoms with Crippen molar-refractivity contribution in [1.29, 1.82) is 0 Å². The Morgan fingerprint density at radius 3 is 2.90 bits per heavy atom. The van der Waals surface area contributed by atoms with Crippen molar-refractivity contribution in [3.05, 3.63) is 5.69 Å². The molecular formula is C15H27N5. The van der Waals surface area contributed by atoms with Gasteiger partial charge in [-0.05, 0) is 25.8 Å². The number of fused-ring (bicyclic) bond motifs is 1. The molecule has 2 N–H and O–H groups in total. The number of piperidine rings is 1. The lowest BCUT2D eigenvalue weighted by Crippen LogP contribution is -2.55. The van der Waals surface area contributed by atoms with Crippen molar-refractivity contribution in [2.75, 3.05) is 36.8 Å². The van der Waals surface area contributed by atoms with Crippen LogP contribution in [0.3, 0.4) is 0 Å². The van der Waals surface area contributed by atoms with Crippen LogP contribution in [-0.2, 0) is 13.5 Å². The van der Waals surface area contributed by atoms with E-state index in [4.69, 9.17) is 5.73 Å². The van der Waals surface area contributed by atoms with E-state index in [9.17, 15) is 0 Å². The van der Waals surface area contributed by atoms with Gasteiger partial charge in [-0.2, -0.15) is 5.10 Å². The van der Waals surface area contributed by atoms with Gasteiger partial charge in [0.25, 0.3) is 0 Å². The van der Waals surface area contributed by atoms with Gasteiger partial charge in [0.1, 0.15) is 0 Å². The van der Waals surface area contributed by atoms with Crippen molar-refractivity contribution in [1.82, 2.24) is 14.7 Å². The number of nitrogen functional groups attached to an aromatic ring is 1. The molecule has 3 heterocycles. The van der Waals surface area contributed by atoms with Crippen LogP contribution in [0.2, 0.25) is 0 Å². The Labute approximate surface area is 121 Å². The number of rotatable bonds is 3. The van der Waals surface area contributed by atoms with Crippen LogP contribution < -0.4 is 10.6 Å². The zero-order valence-electron chi connectivity index (χ0n) is 12.8. The first kappa shape index (κ1) is 13.7. The third kappa shape index (κ3) is 2.39. The fraction of sp³-hybridized carbons (Fsp3) is 0.800. The van der Waals surface area contributed by atoms with Gasteiger partial charge in [0.15, 0.2) is 5.82 Å². The van der Waals surface area contributed by atoms with Crippen LogP contribution in [0.4, 0.5) is 11.5 Å². The van der Waals surface area contributed by atoms with Gasteiger partial charge in [0.2, 0.25) is 0 Å². The molecule has 5 nitrogen and oxygen atoms in total. The largest absolute Gasteiger partial charge is 0.394 e. The first-order chi connectivity index (χ1) is 9.70. The zero-order valence-corrected chi connectivity index (χ0v) is 12.8. The van der Waals surface area contributed by atoms with E-state index >= 15 is 0 Å². The van der Waals surface area contributed by atoms with Crippen molar-refractivity contribution < 1.29 is 0 Å². The second-order valence-corrected chi connectivity index (χ2v) is 6.19. The minimum atomic E-state index is 0.710. The van der Waals surface area contributed by atoms with Gasteiger partial charge < -0.3 is 10.6 Å². The minimum Gasteiger partial charge on any atom is -0.394 e. The summed E-state index contributed by atoms with van der Waals surface area (Å²) in [7, 11) is 2.03. The molecule has 0 aromatic carbocycles. The van der Waals surface area contributed by atoms with Crippen LogP contribution in [0.1, 0.15) is 38.3 Å². The van der Waals surface area contributed by atoms with Crippen LogP contribution >= 0.6 is 0 Å². The molecule has 1 atom stereocenters. The van der Waals surface area contributed by atoms with Crippen molar-refractivity contribution in [3.63, 3.8) is 0 Å². The summed E-state index contributed by atoms with van der Waals surface area (Å²) in [6.45, 7) is 6.80. The predicted molar refractivity (Wildman–Crippen MR) is 83.0 cm³/mol. The van der Waals surface area contributed by atoms with E-state index in [2.05, 4.69) is 21.8 Å². The molecule has 5 heteroatoms. The van der Waals surface area contributed by atoms with Gasteiger partial charge in [-0.3, -0.25) is 9.58 Å². The monoisotopic (exact) mass is 277 g/mol. The Balaban J connectivity index is 1.79. The molecule has 0 saturated carbocycles. The highest BCUT2D eigenvalue weighted by molar-refractivity contribution is 5.66. The Bertz CT molecular complexity index is 467. The van der Waals surface area contributed by atoms with E-state index in [1.807, 2.05) is 11.7 Å². The highest BCUT2D eigenvalue weighted by atomic mass is 15.4. The van der Waals surface area contributed by atoms with Gasteiger partial charge in [-0.1, -0.05) is 19.8 Å². The van der Waals surface area contributed by atoms with Gasteiger partial charge in [0, 0.05) is 32.7 Å². The molecule has 2 aliphatic rings. The molecule has 0 radical (unpaired) electrons. The van der Waals surface area contributed by atoms with Gasteiger partial charge in [-0.25, -0.2) is 0 Å². The van der Waals surface area contributed by atoms with E-state index in [-0.39, 0.29) is 0 Å². The lowest BCUT2D eigenvalue weighted by Gasteiger charge is -2.44. The summed E-state index contributed by atoms with van der Waals surface area (Å²) in [5.41, 5.74) is 8.32. The molecule has 0 aliphatic carbocycles. The normalized spacial score (nSPS) is 23.9. The van der Waals surface area contributed by atoms with E-state index in [0.717, 1.165) is 43.1 Å². The number of hydrogen-bond acceptors (Lipinski definition) is 4. The Morgan fingerprint density at radius 2 is 2.10 bits per heavy atom. The third-order valence-electron chi connectivity index (χ3n) is 4.75. The number of nitrogens with two attached hydrogens (primary N) is 1. The van der Waals surface area contributed by atoms with Crippen molar-refractivity contribution in [2.24, 2.45) is 7.05 Å². The molecule has 0 bridgehead atoms. The first-order valence-corrected chi connectivity index (χ1v) is 8.01. The molecule has 112 valence electrons. The summed E-state index contributed by atoms with van der Waals surface area (Å²) in [4.78, 5) is 5.10. The van der Waals surface area contributed by atoms with Crippen molar-refractivity contribution >= 4 is 11.5 Å². The lowest BCUT2D eigenvalue weighted by molar-refractivity contribution is 0.133. The Hall–Kier alpha value is -1.23. The average Bonchev–Trinajstić information content (AvgIpc) is 2.73. The van der Waals surface area contributed by atoms with E-state index in [1.165, 1.54) is 32.4 Å². The fourth-order valence-electron chi connectivity index (χ4n) is 3.73. The number of nitrogens with zero attached hydrogens (tertiary/aromatic N) is 4. The van der Waals surface area contributed by atoms with E-state index < -0.39 is 0 Å². The average molecular weight is 277 g/mol. The molecule has 1 aromatic heterocycles. The Morgan fingerprint density at radius 1 is 1.25 bits per heavy atom. The second-order valence-electron chi connectivity index (χ2n) is 6.19. The lowest BCUT2D eigenvalue weighted by atomic mass is 9.99. The number of aromatic nitrogens is 2. The predicted octanol–water partition coefficient (Wildman–Crippen LogP) is 1.63. The maximum absolute atomic E-state index is 6.35. The van der Waals surface area contributed by atoms with Crippen LogP contribution in [0.5, 0.6) is 0 Å². The minimum absolute atomic E-state index is 0.710. The number of piperazine rings is 1. The van der Waals surface area contributed by atoms with Gasteiger partial charge in [-0.15, -0.1) is 0 Å². The second kappa shape index (κ2) is 5.64. The molecule has 3 rings (SSSR count). The number of aryl methyl sites for hydroxylation is 2.